The van der Waals surface area contributed by atoms with E-state index in [0.29, 0.717) is 16.5 Å². The topological polar surface area (TPSA) is 99.8 Å². The highest BCUT2D eigenvalue weighted by Crippen LogP contribution is 2.52. The second kappa shape index (κ2) is 6.71. The highest BCUT2D eigenvalue weighted by atomic mass is 35.5. The highest BCUT2D eigenvalue weighted by molar-refractivity contribution is 6.32. The minimum Gasteiger partial charge on any atom is -0.480 e. The van der Waals surface area contributed by atoms with Gasteiger partial charge in [0.15, 0.2) is 0 Å². The number of rotatable bonds is 4. The number of carboxylic acids is 1. The van der Waals surface area contributed by atoms with Crippen LogP contribution in [0.4, 0.5) is 5.69 Å². The lowest BCUT2D eigenvalue weighted by Gasteiger charge is -2.34. The van der Waals surface area contributed by atoms with E-state index in [0.717, 1.165) is 10.5 Å². The highest BCUT2D eigenvalue weighted by Gasteiger charge is 2.70. The molecule has 8 heteroatoms. The van der Waals surface area contributed by atoms with Crippen LogP contribution in [0.1, 0.15) is 31.2 Å². The van der Waals surface area contributed by atoms with Gasteiger partial charge in [0.1, 0.15) is 11.3 Å². The number of fused-ring (bicyclic) bond motifs is 1. The summed E-state index contributed by atoms with van der Waals surface area (Å²) in [4.78, 5) is 40.4. The van der Waals surface area contributed by atoms with Gasteiger partial charge in [-0.3, -0.25) is 19.7 Å². The number of halogens is 1. The molecule has 4 atom stereocenters. The summed E-state index contributed by atoms with van der Waals surface area (Å²) in [7, 11) is 0. The first-order valence-electron chi connectivity index (χ1n) is 9.38. The van der Waals surface area contributed by atoms with Gasteiger partial charge in [-0.2, -0.15) is 0 Å². The van der Waals surface area contributed by atoms with Crippen molar-refractivity contribution < 1.29 is 23.9 Å². The van der Waals surface area contributed by atoms with Crippen LogP contribution < -0.4 is 10.2 Å². The maximum atomic E-state index is 13.5. The van der Waals surface area contributed by atoms with E-state index in [1.807, 2.05) is 6.92 Å². The number of aliphatic carboxylic acids is 1. The van der Waals surface area contributed by atoms with E-state index in [9.17, 15) is 19.5 Å². The normalized spacial score (nSPS) is 29.0. The van der Waals surface area contributed by atoms with Gasteiger partial charge in [-0.15, -0.1) is 0 Å². The van der Waals surface area contributed by atoms with Crippen LogP contribution in [0.3, 0.4) is 0 Å². The molecule has 7 nitrogen and oxygen atoms in total. The molecule has 2 fully saturated rings. The zero-order valence-electron chi connectivity index (χ0n) is 16.2. The molecule has 0 bridgehead atoms. The lowest BCUT2D eigenvalue weighted by Crippen LogP contribution is -2.59. The van der Waals surface area contributed by atoms with Crippen molar-refractivity contribution in [1.82, 2.24) is 5.32 Å². The lowest BCUT2D eigenvalue weighted by atomic mass is 9.73. The number of hydrogen-bond acceptors (Lipinski definition) is 5. The number of imide groups is 1. The van der Waals surface area contributed by atoms with Crippen LogP contribution >= 0.6 is 11.6 Å². The Hall–Kier alpha value is -2.64. The van der Waals surface area contributed by atoms with Crippen LogP contribution in [-0.4, -0.2) is 28.4 Å². The summed E-state index contributed by atoms with van der Waals surface area (Å²) >= 11 is 6.20. The number of carbonyl (C=O) groups is 3. The minimum absolute atomic E-state index is 0.339. The standard InChI is InChI=1S/C21H21ClN2O5/c1-10(2)21(20(27)28)16-15(17(23-21)14-5-4-8-29-14)18(25)24(19(16)26)12-7-6-11(3)13(22)9-12/h4-10,15-17,23H,1-3H3,(H,27,28). The van der Waals surface area contributed by atoms with Crippen molar-refractivity contribution in [2.75, 3.05) is 4.90 Å². The van der Waals surface area contributed by atoms with Crippen molar-refractivity contribution >= 4 is 35.1 Å². The molecule has 2 amide bonds. The zero-order chi connectivity index (χ0) is 21.1. The summed E-state index contributed by atoms with van der Waals surface area (Å²) in [6, 6.07) is 7.54. The Morgan fingerprint density at radius 1 is 1.28 bits per heavy atom. The first-order valence-corrected chi connectivity index (χ1v) is 9.76. The van der Waals surface area contributed by atoms with Crippen LogP contribution in [0.15, 0.2) is 41.0 Å². The average molecular weight is 417 g/mol. The first-order chi connectivity index (χ1) is 13.7. The van der Waals surface area contributed by atoms with Crippen molar-refractivity contribution in [3.05, 3.63) is 52.9 Å². The van der Waals surface area contributed by atoms with E-state index in [1.54, 1.807) is 44.2 Å². The molecule has 4 unspecified atom stereocenters. The molecule has 3 heterocycles. The molecule has 2 aromatic rings. The molecule has 2 aliphatic heterocycles. The van der Waals surface area contributed by atoms with Crippen molar-refractivity contribution in [1.29, 1.82) is 0 Å². The smallest absolute Gasteiger partial charge is 0.325 e. The monoisotopic (exact) mass is 416 g/mol. The molecule has 1 aromatic heterocycles. The van der Waals surface area contributed by atoms with Gasteiger partial charge in [0.25, 0.3) is 0 Å². The van der Waals surface area contributed by atoms with E-state index in [1.165, 1.54) is 6.26 Å². The number of nitrogens with one attached hydrogen (secondary N) is 1. The maximum Gasteiger partial charge on any atom is 0.325 e. The molecule has 0 radical (unpaired) electrons. The predicted molar refractivity (Wildman–Crippen MR) is 105 cm³/mol. The number of carbonyl (C=O) groups excluding carboxylic acids is 2. The number of anilines is 1. The number of amides is 2. The van der Waals surface area contributed by atoms with Gasteiger partial charge in [-0.25, -0.2) is 4.90 Å². The third-order valence-electron chi connectivity index (χ3n) is 6.12. The summed E-state index contributed by atoms with van der Waals surface area (Å²) in [6.07, 6.45) is 1.46. The van der Waals surface area contributed by atoms with E-state index in [-0.39, 0.29) is 0 Å². The Labute approximate surface area is 172 Å². The van der Waals surface area contributed by atoms with Crippen molar-refractivity contribution in [3.63, 3.8) is 0 Å². The van der Waals surface area contributed by atoms with Crippen LogP contribution in [0.5, 0.6) is 0 Å². The molecular formula is C21H21ClN2O5. The third kappa shape index (κ3) is 2.64. The van der Waals surface area contributed by atoms with E-state index >= 15 is 0 Å². The Morgan fingerprint density at radius 2 is 2.00 bits per heavy atom. The number of benzene rings is 1. The Bertz CT molecular complexity index is 1000. The van der Waals surface area contributed by atoms with Gasteiger partial charge in [-0.1, -0.05) is 31.5 Å². The van der Waals surface area contributed by atoms with Gasteiger partial charge >= 0.3 is 5.97 Å². The molecule has 1 aromatic carbocycles. The van der Waals surface area contributed by atoms with Crippen LogP contribution in [0, 0.1) is 24.7 Å². The van der Waals surface area contributed by atoms with E-state index < -0.39 is 47.1 Å². The Morgan fingerprint density at radius 3 is 2.55 bits per heavy atom. The fourth-order valence-electron chi connectivity index (χ4n) is 4.60. The fraction of sp³-hybridized carbons (Fsp3) is 0.381. The predicted octanol–water partition coefficient (Wildman–Crippen LogP) is 3.17. The maximum absolute atomic E-state index is 13.5. The second-order valence-electron chi connectivity index (χ2n) is 7.92. The van der Waals surface area contributed by atoms with Crippen molar-refractivity contribution in [2.24, 2.45) is 17.8 Å². The van der Waals surface area contributed by atoms with Gasteiger partial charge < -0.3 is 9.52 Å². The molecule has 29 heavy (non-hydrogen) atoms. The molecule has 152 valence electrons. The van der Waals surface area contributed by atoms with Crippen LogP contribution in [0.2, 0.25) is 5.02 Å². The van der Waals surface area contributed by atoms with E-state index in [4.69, 9.17) is 16.0 Å². The molecule has 0 spiro atoms. The molecule has 4 rings (SSSR count). The largest absolute Gasteiger partial charge is 0.480 e. The lowest BCUT2D eigenvalue weighted by molar-refractivity contribution is -0.151. The van der Waals surface area contributed by atoms with Crippen LogP contribution in [0.25, 0.3) is 0 Å². The molecular weight excluding hydrogens is 396 g/mol. The first kappa shape index (κ1) is 19.7. The van der Waals surface area contributed by atoms with Gasteiger partial charge in [0.05, 0.1) is 29.8 Å². The number of furan rings is 1. The number of hydrogen-bond donors (Lipinski definition) is 2. The SMILES string of the molecule is Cc1ccc(N2C(=O)C3C(c4ccco4)NC(C(=O)O)(C(C)C)C3C2=O)cc1Cl. The van der Waals surface area contributed by atoms with Gasteiger partial charge in [-0.05, 0) is 42.7 Å². The Balaban J connectivity index is 1.87. The van der Waals surface area contributed by atoms with Crippen molar-refractivity contribution in [3.8, 4) is 0 Å². The zero-order valence-corrected chi connectivity index (χ0v) is 16.9. The average Bonchev–Trinajstić information content (AvgIpc) is 3.34. The van der Waals surface area contributed by atoms with Gasteiger partial charge in [0, 0.05) is 5.02 Å². The van der Waals surface area contributed by atoms with Crippen molar-refractivity contribution in [2.45, 2.75) is 32.4 Å². The summed E-state index contributed by atoms with van der Waals surface area (Å²) < 4.78 is 5.48. The number of aryl methyl sites for hydroxylation is 1. The number of carboxylic acid groups (broad SMARTS) is 1. The second-order valence-corrected chi connectivity index (χ2v) is 8.32. The summed E-state index contributed by atoms with van der Waals surface area (Å²) in [6.45, 7) is 5.28. The quantitative estimate of drug-likeness (QED) is 0.742. The minimum atomic E-state index is -1.60. The molecule has 2 aliphatic rings. The van der Waals surface area contributed by atoms with E-state index in [2.05, 4.69) is 5.32 Å². The molecule has 2 N–H and O–H groups in total. The fourth-order valence-corrected chi connectivity index (χ4v) is 4.78. The van der Waals surface area contributed by atoms with Crippen LogP contribution in [-0.2, 0) is 14.4 Å². The summed E-state index contributed by atoms with van der Waals surface area (Å²) in [5, 5.41) is 13.6. The molecule has 0 saturated carbocycles. The summed E-state index contributed by atoms with van der Waals surface area (Å²) in [5.74, 6) is -4.16. The Kier molecular flexibility index (Phi) is 4.55. The number of nitrogens with zero attached hydrogens (tertiary/aromatic N) is 1. The molecule has 0 aliphatic carbocycles. The molecule has 2 saturated heterocycles. The third-order valence-corrected chi connectivity index (χ3v) is 6.53. The summed E-state index contributed by atoms with van der Waals surface area (Å²) in [5.41, 5.74) is -0.448. The van der Waals surface area contributed by atoms with Gasteiger partial charge in [0.2, 0.25) is 11.8 Å².